The van der Waals surface area contributed by atoms with E-state index in [4.69, 9.17) is 0 Å². The van der Waals surface area contributed by atoms with Crippen molar-refractivity contribution in [3.05, 3.63) is 0 Å². The maximum absolute atomic E-state index is 4.39. The van der Waals surface area contributed by atoms with Crippen LogP contribution in [0.2, 0.25) is 0 Å². The summed E-state index contributed by atoms with van der Waals surface area (Å²) < 4.78 is 0. The molecule has 5 nitrogen and oxygen atoms in total. The average molecular weight is 227 g/mol. The molecule has 0 unspecified atom stereocenters. The van der Waals surface area contributed by atoms with Gasteiger partial charge in [0.15, 0.2) is 0 Å². The lowest BCUT2D eigenvalue weighted by atomic mass is 10.3. The Morgan fingerprint density at radius 1 is 1.06 bits per heavy atom. The number of nitrogens with zero attached hydrogens (tertiary/aromatic N) is 3. The first-order chi connectivity index (χ1) is 7.84. The van der Waals surface area contributed by atoms with Crippen LogP contribution in [-0.4, -0.2) is 62.9 Å². The van der Waals surface area contributed by atoms with Gasteiger partial charge in [-0.25, -0.2) is 0 Å². The summed E-state index contributed by atoms with van der Waals surface area (Å²) in [7, 11) is 2.16. The highest BCUT2D eigenvalue weighted by Crippen LogP contribution is 1.97. The molecule has 0 aliphatic carbocycles. The minimum absolute atomic E-state index is 0. The first kappa shape index (κ1) is 11.4. The third kappa shape index (κ3) is 3.48. The molecule has 0 radical (unpaired) electrons. The van der Waals surface area contributed by atoms with Crippen molar-refractivity contribution in [1.29, 1.82) is 0 Å². The van der Waals surface area contributed by atoms with Crippen LogP contribution in [0.3, 0.4) is 0 Å². The Morgan fingerprint density at radius 3 is 1.94 bits per heavy atom. The molecule has 2 aliphatic rings. The zero-order valence-electron chi connectivity index (χ0n) is 10.00. The standard InChI is InChI=1S/C11H21N5.2H2/c1-16(8-2-10-12-4-5-13-10)9-3-11-14-6-7-15-11;;/h2-9H2,1H3,(H,12,13)(H,14,15);2*1H. The fourth-order valence-electron chi connectivity index (χ4n) is 1.93. The van der Waals surface area contributed by atoms with Crippen LogP contribution < -0.4 is 10.6 Å². The number of nitrogens with one attached hydrogen (secondary N) is 2. The molecule has 0 aromatic rings. The first-order valence-electron chi connectivity index (χ1n) is 6.07. The van der Waals surface area contributed by atoms with Crippen molar-refractivity contribution < 1.29 is 2.85 Å². The summed E-state index contributed by atoms with van der Waals surface area (Å²) in [5, 5.41) is 6.59. The molecule has 0 aromatic heterocycles. The molecule has 0 fully saturated rings. The van der Waals surface area contributed by atoms with Crippen molar-refractivity contribution >= 4 is 11.7 Å². The van der Waals surface area contributed by atoms with E-state index in [9.17, 15) is 0 Å². The Bertz CT molecular complexity index is 265. The van der Waals surface area contributed by atoms with Gasteiger partial charge in [-0.2, -0.15) is 0 Å². The Balaban J connectivity index is 0.00000144. The predicted molar refractivity (Wildman–Crippen MR) is 71.6 cm³/mol. The van der Waals surface area contributed by atoms with Gasteiger partial charge in [-0.3, -0.25) is 9.98 Å². The van der Waals surface area contributed by atoms with Crippen molar-refractivity contribution in [2.24, 2.45) is 9.98 Å². The van der Waals surface area contributed by atoms with E-state index in [1.807, 2.05) is 0 Å². The second kappa shape index (κ2) is 5.84. The maximum atomic E-state index is 4.39. The summed E-state index contributed by atoms with van der Waals surface area (Å²) in [6.07, 6.45) is 2.08. The van der Waals surface area contributed by atoms with Gasteiger partial charge in [0.2, 0.25) is 0 Å². The quantitative estimate of drug-likeness (QED) is 0.681. The summed E-state index contributed by atoms with van der Waals surface area (Å²) in [6, 6.07) is 0. The van der Waals surface area contributed by atoms with Crippen LogP contribution in [0.5, 0.6) is 0 Å². The Hall–Kier alpha value is -1.10. The zero-order chi connectivity index (χ0) is 11.2. The van der Waals surface area contributed by atoms with Crippen molar-refractivity contribution in [3.63, 3.8) is 0 Å². The van der Waals surface area contributed by atoms with Crippen LogP contribution in [0, 0.1) is 0 Å². The van der Waals surface area contributed by atoms with Crippen LogP contribution in [-0.2, 0) is 0 Å². The first-order valence-corrected chi connectivity index (χ1v) is 6.07. The Morgan fingerprint density at radius 2 is 1.56 bits per heavy atom. The molecule has 16 heavy (non-hydrogen) atoms. The van der Waals surface area contributed by atoms with E-state index >= 15 is 0 Å². The van der Waals surface area contributed by atoms with Gasteiger partial charge in [-0.15, -0.1) is 0 Å². The smallest absolute Gasteiger partial charge is 0.0977 e. The van der Waals surface area contributed by atoms with Crippen LogP contribution in [0.15, 0.2) is 9.98 Å². The summed E-state index contributed by atoms with van der Waals surface area (Å²) in [5.74, 6) is 2.34. The summed E-state index contributed by atoms with van der Waals surface area (Å²) in [6.45, 7) is 6.05. The highest BCUT2D eigenvalue weighted by molar-refractivity contribution is 5.84. The summed E-state index contributed by atoms with van der Waals surface area (Å²) >= 11 is 0. The molecule has 2 rings (SSSR count). The third-order valence-electron chi connectivity index (χ3n) is 2.95. The molecular formula is C11H25N5. The summed E-state index contributed by atoms with van der Waals surface area (Å²) in [4.78, 5) is 11.1. The van der Waals surface area contributed by atoms with E-state index in [0.29, 0.717) is 0 Å². The second-order valence-electron chi connectivity index (χ2n) is 4.31. The van der Waals surface area contributed by atoms with Gasteiger partial charge in [-0.1, -0.05) is 0 Å². The topological polar surface area (TPSA) is 52.0 Å². The van der Waals surface area contributed by atoms with Gasteiger partial charge in [0, 0.05) is 41.9 Å². The van der Waals surface area contributed by atoms with Crippen LogP contribution in [0.25, 0.3) is 0 Å². The highest BCUT2D eigenvalue weighted by Gasteiger charge is 2.08. The molecule has 2 heterocycles. The SMILES string of the molecule is CN(CCC1=NCCN1)CCC1=NCCN1.[HH].[HH]. The molecule has 0 saturated carbocycles. The van der Waals surface area contributed by atoms with Crippen molar-refractivity contribution in [2.45, 2.75) is 12.8 Å². The van der Waals surface area contributed by atoms with Crippen molar-refractivity contribution in [3.8, 4) is 0 Å². The normalized spacial score (nSPS) is 19.4. The van der Waals surface area contributed by atoms with Gasteiger partial charge in [0.25, 0.3) is 0 Å². The molecule has 5 heteroatoms. The highest BCUT2D eigenvalue weighted by atomic mass is 15.1. The number of hydrogen-bond acceptors (Lipinski definition) is 5. The maximum Gasteiger partial charge on any atom is 0.0977 e. The molecule has 0 bridgehead atoms. The minimum atomic E-state index is 0. The fourth-order valence-corrected chi connectivity index (χ4v) is 1.93. The predicted octanol–water partition coefficient (Wildman–Crippen LogP) is 0.194. The lowest BCUT2D eigenvalue weighted by Crippen LogP contribution is -2.29. The number of hydrogen-bond donors (Lipinski definition) is 2. The zero-order valence-corrected chi connectivity index (χ0v) is 10.00. The molecule has 0 saturated heterocycles. The molecule has 0 amide bonds. The molecule has 0 aromatic carbocycles. The van der Waals surface area contributed by atoms with Crippen LogP contribution >= 0.6 is 0 Å². The van der Waals surface area contributed by atoms with E-state index in [0.717, 1.165) is 52.1 Å². The van der Waals surface area contributed by atoms with Crippen molar-refractivity contribution in [1.82, 2.24) is 15.5 Å². The van der Waals surface area contributed by atoms with Crippen molar-refractivity contribution in [2.75, 3.05) is 46.3 Å². The summed E-state index contributed by atoms with van der Waals surface area (Å²) in [5.41, 5.74) is 0. The average Bonchev–Trinajstić information content (AvgIpc) is 2.96. The largest absolute Gasteiger partial charge is 0.372 e. The van der Waals surface area contributed by atoms with Gasteiger partial charge in [0.05, 0.1) is 24.8 Å². The second-order valence-corrected chi connectivity index (χ2v) is 4.31. The molecule has 0 spiro atoms. The lowest BCUT2D eigenvalue weighted by Gasteiger charge is -2.16. The van der Waals surface area contributed by atoms with Gasteiger partial charge < -0.3 is 15.5 Å². The Labute approximate surface area is 100.0 Å². The van der Waals surface area contributed by atoms with Crippen LogP contribution in [0.1, 0.15) is 15.7 Å². The Kier molecular flexibility index (Phi) is 4.16. The van der Waals surface area contributed by atoms with E-state index in [1.165, 1.54) is 11.7 Å². The van der Waals surface area contributed by atoms with Gasteiger partial charge >= 0.3 is 0 Å². The monoisotopic (exact) mass is 227 g/mol. The third-order valence-corrected chi connectivity index (χ3v) is 2.95. The molecule has 2 N–H and O–H groups in total. The number of amidine groups is 2. The number of aliphatic imine (C=N–C) groups is 2. The van der Waals surface area contributed by atoms with Gasteiger partial charge in [0.1, 0.15) is 0 Å². The number of rotatable bonds is 6. The molecule has 94 valence electrons. The molecular weight excluding hydrogens is 202 g/mol. The lowest BCUT2D eigenvalue weighted by molar-refractivity contribution is 0.353. The van der Waals surface area contributed by atoms with E-state index in [2.05, 4.69) is 32.6 Å². The molecule has 2 aliphatic heterocycles. The van der Waals surface area contributed by atoms with Crippen LogP contribution in [0.4, 0.5) is 0 Å². The fraction of sp³-hybridized carbons (Fsp3) is 0.818. The molecule has 0 atom stereocenters. The van der Waals surface area contributed by atoms with Gasteiger partial charge in [-0.05, 0) is 7.05 Å². The van der Waals surface area contributed by atoms with E-state index in [-0.39, 0.29) is 2.85 Å². The van der Waals surface area contributed by atoms with E-state index < -0.39 is 0 Å². The minimum Gasteiger partial charge on any atom is -0.372 e. The van der Waals surface area contributed by atoms with E-state index in [1.54, 1.807) is 0 Å².